The van der Waals surface area contributed by atoms with Gasteiger partial charge in [-0.15, -0.1) is 11.3 Å². The minimum absolute atomic E-state index is 0.0575. The number of morpholine rings is 1. The summed E-state index contributed by atoms with van der Waals surface area (Å²) in [5.41, 5.74) is 0. The van der Waals surface area contributed by atoms with Crippen LogP contribution >= 0.6 is 22.9 Å². The summed E-state index contributed by atoms with van der Waals surface area (Å²) in [5.74, 6) is 0.0575. The van der Waals surface area contributed by atoms with Gasteiger partial charge in [-0.05, 0) is 19.1 Å². The van der Waals surface area contributed by atoms with E-state index in [1.165, 1.54) is 11.3 Å². The van der Waals surface area contributed by atoms with E-state index in [2.05, 4.69) is 0 Å². The highest BCUT2D eigenvalue weighted by molar-refractivity contribution is 7.17. The third-order valence-corrected chi connectivity index (χ3v) is 3.53. The zero-order valence-corrected chi connectivity index (χ0v) is 9.98. The molecule has 1 aromatic rings. The second-order valence-electron chi connectivity index (χ2n) is 3.54. The molecule has 5 heteroatoms. The maximum atomic E-state index is 12.0. The van der Waals surface area contributed by atoms with Crippen LogP contribution in [0.4, 0.5) is 0 Å². The van der Waals surface area contributed by atoms with Gasteiger partial charge in [-0.1, -0.05) is 11.6 Å². The van der Waals surface area contributed by atoms with Gasteiger partial charge in [0.25, 0.3) is 5.91 Å². The van der Waals surface area contributed by atoms with Crippen molar-refractivity contribution in [1.29, 1.82) is 0 Å². The summed E-state index contributed by atoms with van der Waals surface area (Å²) in [6.07, 6.45) is 0.123. The van der Waals surface area contributed by atoms with Gasteiger partial charge in [0.05, 0.1) is 21.9 Å². The highest BCUT2D eigenvalue weighted by Gasteiger charge is 2.23. The first-order valence-corrected chi connectivity index (χ1v) is 6.02. The van der Waals surface area contributed by atoms with Crippen LogP contribution in [-0.2, 0) is 4.74 Å². The zero-order chi connectivity index (χ0) is 10.8. The Labute approximate surface area is 97.6 Å². The van der Waals surface area contributed by atoms with Crippen molar-refractivity contribution in [2.75, 3.05) is 19.7 Å². The van der Waals surface area contributed by atoms with E-state index in [0.29, 0.717) is 28.9 Å². The Morgan fingerprint density at radius 2 is 2.47 bits per heavy atom. The maximum Gasteiger partial charge on any atom is 0.264 e. The predicted molar refractivity (Wildman–Crippen MR) is 60.6 cm³/mol. The average Bonchev–Trinajstić information content (AvgIpc) is 2.64. The summed E-state index contributed by atoms with van der Waals surface area (Å²) >= 11 is 7.12. The number of carbonyl (C=O) groups is 1. The first kappa shape index (κ1) is 10.9. The summed E-state index contributed by atoms with van der Waals surface area (Å²) in [7, 11) is 0. The van der Waals surface area contributed by atoms with Crippen molar-refractivity contribution in [2.24, 2.45) is 0 Å². The van der Waals surface area contributed by atoms with E-state index in [0.717, 1.165) is 0 Å². The topological polar surface area (TPSA) is 29.5 Å². The molecule has 1 aliphatic rings. The van der Waals surface area contributed by atoms with Crippen molar-refractivity contribution < 1.29 is 9.53 Å². The molecule has 82 valence electrons. The fraction of sp³-hybridized carbons (Fsp3) is 0.500. The van der Waals surface area contributed by atoms with Gasteiger partial charge in [-0.3, -0.25) is 4.79 Å². The molecule has 3 nitrogen and oxygen atoms in total. The van der Waals surface area contributed by atoms with Crippen LogP contribution < -0.4 is 0 Å². The van der Waals surface area contributed by atoms with E-state index in [1.807, 2.05) is 11.8 Å². The molecular weight excluding hydrogens is 234 g/mol. The Balaban J connectivity index is 2.07. The van der Waals surface area contributed by atoms with Gasteiger partial charge in [0, 0.05) is 13.1 Å². The van der Waals surface area contributed by atoms with E-state index >= 15 is 0 Å². The molecule has 15 heavy (non-hydrogen) atoms. The fourth-order valence-electron chi connectivity index (χ4n) is 1.59. The van der Waals surface area contributed by atoms with Gasteiger partial charge in [-0.25, -0.2) is 0 Å². The third kappa shape index (κ3) is 2.51. The van der Waals surface area contributed by atoms with E-state index in [-0.39, 0.29) is 12.0 Å². The van der Waals surface area contributed by atoms with E-state index < -0.39 is 0 Å². The molecule has 0 aliphatic carbocycles. The molecule has 2 heterocycles. The SMILES string of the molecule is CC1CN(C(=O)c2ccc(Cl)s2)CCO1. The Bertz CT molecular complexity index is 366. The van der Waals surface area contributed by atoms with Crippen molar-refractivity contribution >= 4 is 28.8 Å². The van der Waals surface area contributed by atoms with E-state index in [9.17, 15) is 4.79 Å². The Hall–Kier alpha value is -0.580. The Kier molecular flexibility index (Phi) is 3.29. The maximum absolute atomic E-state index is 12.0. The smallest absolute Gasteiger partial charge is 0.264 e. The number of ether oxygens (including phenoxy) is 1. The standard InChI is InChI=1S/C10H12ClNO2S/c1-7-6-12(4-5-14-7)10(13)8-2-3-9(11)15-8/h2-3,7H,4-6H2,1H3. The fourth-order valence-corrected chi connectivity index (χ4v) is 2.60. The number of halogens is 1. The molecule has 1 aromatic heterocycles. The van der Waals surface area contributed by atoms with Crippen molar-refractivity contribution in [3.63, 3.8) is 0 Å². The second-order valence-corrected chi connectivity index (χ2v) is 5.25. The molecule has 0 saturated carbocycles. The Morgan fingerprint density at radius 3 is 3.07 bits per heavy atom. The third-order valence-electron chi connectivity index (χ3n) is 2.31. The summed E-state index contributed by atoms with van der Waals surface area (Å²) in [4.78, 5) is 14.5. The number of rotatable bonds is 1. The van der Waals surface area contributed by atoms with Gasteiger partial charge in [0.2, 0.25) is 0 Å². The van der Waals surface area contributed by atoms with Gasteiger partial charge < -0.3 is 9.64 Å². The average molecular weight is 246 g/mol. The van der Waals surface area contributed by atoms with Crippen LogP contribution in [0.3, 0.4) is 0 Å². The molecule has 1 saturated heterocycles. The number of thiophene rings is 1. The number of amides is 1. The summed E-state index contributed by atoms with van der Waals surface area (Å²) in [5, 5.41) is 0. The Morgan fingerprint density at radius 1 is 1.67 bits per heavy atom. The van der Waals surface area contributed by atoms with Crippen molar-refractivity contribution in [2.45, 2.75) is 13.0 Å². The van der Waals surface area contributed by atoms with Crippen LogP contribution in [-0.4, -0.2) is 36.6 Å². The predicted octanol–water partition coefficient (Wildman–Crippen LogP) is 2.26. The zero-order valence-electron chi connectivity index (χ0n) is 8.40. The molecule has 0 aromatic carbocycles. The van der Waals surface area contributed by atoms with E-state index in [4.69, 9.17) is 16.3 Å². The van der Waals surface area contributed by atoms with Crippen LogP contribution in [0.5, 0.6) is 0 Å². The number of nitrogens with zero attached hydrogens (tertiary/aromatic N) is 1. The molecule has 0 spiro atoms. The molecule has 1 fully saturated rings. The molecule has 1 unspecified atom stereocenters. The lowest BCUT2D eigenvalue weighted by atomic mass is 10.3. The summed E-state index contributed by atoms with van der Waals surface area (Å²) in [6.45, 7) is 3.92. The molecular formula is C10H12ClNO2S. The first-order valence-electron chi connectivity index (χ1n) is 4.83. The second kappa shape index (κ2) is 4.51. The number of hydrogen-bond acceptors (Lipinski definition) is 3. The van der Waals surface area contributed by atoms with Crippen molar-refractivity contribution in [3.05, 3.63) is 21.3 Å². The van der Waals surface area contributed by atoms with Gasteiger partial charge in [0.15, 0.2) is 0 Å². The molecule has 0 radical (unpaired) electrons. The molecule has 1 amide bonds. The molecule has 1 atom stereocenters. The summed E-state index contributed by atoms with van der Waals surface area (Å²) < 4.78 is 6.04. The molecule has 0 bridgehead atoms. The van der Waals surface area contributed by atoms with Gasteiger partial charge >= 0.3 is 0 Å². The summed E-state index contributed by atoms with van der Waals surface area (Å²) in [6, 6.07) is 3.53. The van der Waals surface area contributed by atoms with Crippen molar-refractivity contribution in [3.8, 4) is 0 Å². The minimum atomic E-state index is 0.0575. The van der Waals surface area contributed by atoms with Crippen LogP contribution in [0.2, 0.25) is 4.34 Å². The van der Waals surface area contributed by atoms with Gasteiger partial charge in [-0.2, -0.15) is 0 Å². The first-order chi connectivity index (χ1) is 7.16. The monoisotopic (exact) mass is 245 g/mol. The van der Waals surface area contributed by atoms with Crippen LogP contribution in [0.1, 0.15) is 16.6 Å². The molecule has 1 aliphatic heterocycles. The minimum Gasteiger partial charge on any atom is -0.375 e. The van der Waals surface area contributed by atoms with Crippen LogP contribution in [0, 0.1) is 0 Å². The van der Waals surface area contributed by atoms with Crippen LogP contribution in [0.15, 0.2) is 12.1 Å². The largest absolute Gasteiger partial charge is 0.375 e. The van der Waals surface area contributed by atoms with E-state index in [1.54, 1.807) is 12.1 Å². The molecule has 2 rings (SSSR count). The lowest BCUT2D eigenvalue weighted by Crippen LogP contribution is -2.44. The highest BCUT2D eigenvalue weighted by atomic mass is 35.5. The quantitative estimate of drug-likeness (QED) is 0.760. The lowest BCUT2D eigenvalue weighted by Gasteiger charge is -2.30. The molecule has 0 N–H and O–H groups in total. The highest BCUT2D eigenvalue weighted by Crippen LogP contribution is 2.23. The van der Waals surface area contributed by atoms with Crippen LogP contribution in [0.25, 0.3) is 0 Å². The normalized spacial score (nSPS) is 21.7. The lowest BCUT2D eigenvalue weighted by molar-refractivity contribution is -0.0122. The number of carbonyl (C=O) groups excluding carboxylic acids is 1. The van der Waals surface area contributed by atoms with Gasteiger partial charge in [0.1, 0.15) is 0 Å². The van der Waals surface area contributed by atoms with Crippen molar-refractivity contribution in [1.82, 2.24) is 4.90 Å². The number of hydrogen-bond donors (Lipinski definition) is 0.